The molecule has 7 heterocycles. The molecule has 538 valence electrons. The summed E-state index contributed by atoms with van der Waals surface area (Å²) in [6, 6.07) is 153. The second kappa shape index (κ2) is 26.7. The zero-order valence-corrected chi connectivity index (χ0v) is 62.5. The molecule has 0 amide bonds. The molecule has 25 rings (SSSR count). The van der Waals surface area contributed by atoms with E-state index in [4.69, 9.17) is 4.42 Å². The summed E-state index contributed by atoms with van der Waals surface area (Å²) in [4.78, 5) is 0. The molecular formula is C108H70N6O. The van der Waals surface area contributed by atoms with Crippen LogP contribution in [0.2, 0.25) is 0 Å². The van der Waals surface area contributed by atoms with Gasteiger partial charge in [-0.05, 0) is 192 Å². The van der Waals surface area contributed by atoms with E-state index in [1.807, 2.05) is 0 Å². The first kappa shape index (κ1) is 65.4. The zero-order chi connectivity index (χ0) is 75.6. The molecule has 0 spiro atoms. The maximum Gasteiger partial charge on any atom is 0.135 e. The molecule has 0 bridgehead atoms. The Bertz CT molecular complexity index is 7840. The van der Waals surface area contributed by atoms with Crippen molar-refractivity contribution in [1.82, 2.24) is 27.4 Å². The van der Waals surface area contributed by atoms with E-state index in [1.165, 1.54) is 182 Å². The van der Waals surface area contributed by atoms with Crippen molar-refractivity contribution in [2.75, 3.05) is 0 Å². The molecule has 7 heteroatoms. The van der Waals surface area contributed by atoms with Crippen LogP contribution in [0.25, 0.3) is 209 Å². The third kappa shape index (κ3) is 10.6. The van der Waals surface area contributed by atoms with Crippen LogP contribution in [0.3, 0.4) is 0 Å². The van der Waals surface area contributed by atoms with Gasteiger partial charge in [-0.15, -0.1) is 0 Å². The van der Waals surface area contributed by atoms with E-state index in [9.17, 15) is 0 Å². The van der Waals surface area contributed by atoms with E-state index in [-0.39, 0.29) is 0 Å². The summed E-state index contributed by atoms with van der Waals surface area (Å²) in [5.41, 5.74) is 28.2. The highest BCUT2D eigenvalue weighted by molar-refractivity contribution is 6.16. The van der Waals surface area contributed by atoms with Crippen molar-refractivity contribution in [2.45, 2.75) is 0 Å². The second-order valence-corrected chi connectivity index (χ2v) is 29.9. The lowest BCUT2D eigenvalue weighted by molar-refractivity contribution is 0.669. The molecule has 0 N–H and O–H groups in total. The highest BCUT2D eigenvalue weighted by atomic mass is 16.3. The number of hydrogen-bond donors (Lipinski definition) is 0. The second-order valence-electron chi connectivity index (χ2n) is 29.9. The minimum absolute atomic E-state index is 0.896. The largest absolute Gasteiger partial charge is 0.456 e. The fraction of sp³-hybridized carbons (Fsp3) is 0. The van der Waals surface area contributed by atoms with Gasteiger partial charge in [0, 0.05) is 110 Å². The van der Waals surface area contributed by atoms with E-state index in [0.29, 0.717) is 0 Å². The maximum absolute atomic E-state index is 6.36. The molecule has 0 radical (unpaired) electrons. The summed E-state index contributed by atoms with van der Waals surface area (Å²) in [5, 5.41) is 17.5. The molecule has 0 atom stereocenters. The predicted octanol–water partition coefficient (Wildman–Crippen LogP) is 28.9. The van der Waals surface area contributed by atoms with Gasteiger partial charge < -0.3 is 31.8 Å². The van der Waals surface area contributed by atoms with Gasteiger partial charge in [0.2, 0.25) is 0 Å². The Morgan fingerprint density at radius 3 is 0.678 bits per heavy atom. The summed E-state index contributed by atoms with van der Waals surface area (Å²) in [6.45, 7) is 0. The predicted molar refractivity (Wildman–Crippen MR) is 484 cm³/mol. The van der Waals surface area contributed by atoms with Crippen LogP contribution in [0, 0.1) is 0 Å². The first-order valence-corrected chi connectivity index (χ1v) is 39.4. The molecule has 0 aliphatic carbocycles. The molecule has 0 aliphatic heterocycles. The number of fused-ring (bicyclic) bond motifs is 21. The number of hydrogen-bond acceptors (Lipinski definition) is 1. The third-order valence-corrected chi connectivity index (χ3v) is 23.5. The van der Waals surface area contributed by atoms with Crippen LogP contribution in [0.4, 0.5) is 0 Å². The molecule has 7 nitrogen and oxygen atoms in total. The topological polar surface area (TPSA) is 42.7 Å². The van der Waals surface area contributed by atoms with Crippen molar-refractivity contribution in [1.29, 1.82) is 0 Å². The molecule has 7 aromatic heterocycles. The lowest BCUT2D eigenvalue weighted by Crippen LogP contribution is -1.98. The SMILES string of the molecule is c1cc(-n2c3ccccc3c3ccccc32)cc(-n2c3ccccc3c3ccccc32)c1.c1ccc(-n2c3ccccc3c3cc(-c4ccc5oc6ccc(-n7c8ccccc8c8ccccc87)cc6c5c4)ccc32)cc1.c1ccc(-n2c3ccccc3c3cc(-c4cccc(-n5c6ccccc6c6ccccc65)c4)ccc32)cc1. The Hall–Kier alpha value is -15.4. The number of furan rings is 1. The van der Waals surface area contributed by atoms with Crippen molar-refractivity contribution in [2.24, 2.45) is 0 Å². The van der Waals surface area contributed by atoms with Crippen LogP contribution >= 0.6 is 0 Å². The Labute approximate surface area is 661 Å². The molecule has 0 fully saturated rings. The highest BCUT2D eigenvalue weighted by Crippen LogP contribution is 2.43. The van der Waals surface area contributed by atoms with Gasteiger partial charge in [0.25, 0.3) is 0 Å². The third-order valence-electron chi connectivity index (χ3n) is 23.5. The number of benzene rings is 18. The quantitative estimate of drug-likeness (QED) is 0.149. The van der Waals surface area contributed by atoms with Gasteiger partial charge >= 0.3 is 0 Å². The van der Waals surface area contributed by atoms with Crippen LogP contribution < -0.4 is 0 Å². The first-order chi connectivity index (χ1) is 57.1. The smallest absolute Gasteiger partial charge is 0.135 e. The molecule has 25 aromatic rings. The zero-order valence-electron chi connectivity index (χ0n) is 62.5. The van der Waals surface area contributed by atoms with Crippen LogP contribution in [0.5, 0.6) is 0 Å². The molecular weight excluding hydrogens is 1400 g/mol. The summed E-state index contributed by atoms with van der Waals surface area (Å²) < 4.78 is 20.6. The highest BCUT2D eigenvalue weighted by Gasteiger charge is 2.21. The lowest BCUT2D eigenvalue weighted by atomic mass is 10.0. The van der Waals surface area contributed by atoms with Crippen LogP contribution in [-0.4, -0.2) is 27.4 Å². The fourth-order valence-electron chi connectivity index (χ4n) is 18.5. The molecule has 0 saturated heterocycles. The average molecular weight is 1470 g/mol. The molecule has 18 aromatic carbocycles. The summed E-state index contributed by atoms with van der Waals surface area (Å²) in [6.07, 6.45) is 0. The van der Waals surface area contributed by atoms with E-state index in [0.717, 1.165) is 27.6 Å². The van der Waals surface area contributed by atoms with Crippen molar-refractivity contribution in [3.63, 3.8) is 0 Å². The van der Waals surface area contributed by atoms with Gasteiger partial charge in [0.05, 0.1) is 66.2 Å². The Kier molecular flexibility index (Phi) is 15.2. The summed E-state index contributed by atoms with van der Waals surface area (Å²) >= 11 is 0. The van der Waals surface area contributed by atoms with Gasteiger partial charge in [-0.2, -0.15) is 0 Å². The summed E-state index contributed by atoms with van der Waals surface area (Å²) in [5.74, 6) is 0. The van der Waals surface area contributed by atoms with E-state index in [1.54, 1.807) is 0 Å². The average Bonchev–Trinajstić information content (AvgIpc) is 1.60. The van der Waals surface area contributed by atoms with E-state index >= 15 is 0 Å². The van der Waals surface area contributed by atoms with Crippen LogP contribution in [0.15, 0.2) is 429 Å². The number of aromatic nitrogens is 6. The monoisotopic (exact) mass is 1470 g/mol. The van der Waals surface area contributed by atoms with Crippen LogP contribution in [0.1, 0.15) is 0 Å². The molecule has 0 aliphatic rings. The summed E-state index contributed by atoms with van der Waals surface area (Å²) in [7, 11) is 0. The standard InChI is InChI=1S/C42H26N2O.C36H24N2.C30H20N2/c1-2-10-29(11-3-1)43-39-17-9-6-14-33(39)34-24-27(18-21-40(34)43)28-19-22-41-35(25-28)36-26-30(20-23-42(36)45-41)44-37-15-7-4-12-31(37)32-13-5-8-16-38(32)44;1-2-12-27(13-3-1)37-35-20-9-6-17-31(35)32-24-26(21-22-36(32)37)25-11-10-14-28(23-25)38-33-18-7-4-15-29(33)30-16-5-8-19-34(30)38;1-5-16-27-23(12-1)24-13-2-6-17-28(24)31(27)21-10-9-11-22(20-21)32-29-18-7-3-14-25(29)26-15-4-8-19-30(26)32/h1-26H;1-24H;1-20H. The Morgan fingerprint density at radius 1 is 0.122 bits per heavy atom. The van der Waals surface area contributed by atoms with Gasteiger partial charge in [0.15, 0.2) is 0 Å². The fourth-order valence-corrected chi connectivity index (χ4v) is 18.5. The Morgan fingerprint density at radius 2 is 0.339 bits per heavy atom. The van der Waals surface area contributed by atoms with Gasteiger partial charge in [-0.3, -0.25) is 0 Å². The van der Waals surface area contributed by atoms with Crippen molar-refractivity contribution < 1.29 is 4.42 Å². The van der Waals surface area contributed by atoms with Crippen molar-refractivity contribution in [3.8, 4) is 56.4 Å². The minimum Gasteiger partial charge on any atom is -0.456 e. The lowest BCUT2D eigenvalue weighted by Gasteiger charge is -2.12. The van der Waals surface area contributed by atoms with Crippen molar-refractivity contribution >= 4 is 153 Å². The number of nitrogens with zero attached hydrogens (tertiary/aromatic N) is 6. The van der Waals surface area contributed by atoms with Crippen LogP contribution in [-0.2, 0) is 0 Å². The number of para-hydroxylation sites is 12. The van der Waals surface area contributed by atoms with E-state index in [2.05, 4.69) is 452 Å². The Balaban J connectivity index is 0.000000104. The first-order valence-electron chi connectivity index (χ1n) is 39.4. The van der Waals surface area contributed by atoms with Gasteiger partial charge in [-0.25, -0.2) is 0 Å². The minimum atomic E-state index is 0.896. The van der Waals surface area contributed by atoms with Gasteiger partial charge in [0.1, 0.15) is 11.2 Å². The normalized spacial score (nSPS) is 11.8. The van der Waals surface area contributed by atoms with Gasteiger partial charge in [-0.1, -0.05) is 255 Å². The molecule has 0 saturated carbocycles. The van der Waals surface area contributed by atoms with Crippen molar-refractivity contribution in [3.05, 3.63) is 425 Å². The van der Waals surface area contributed by atoms with E-state index < -0.39 is 0 Å². The number of rotatable bonds is 8. The molecule has 115 heavy (non-hydrogen) atoms. The maximum atomic E-state index is 6.36. The molecule has 0 unspecified atom stereocenters.